The van der Waals surface area contributed by atoms with Gasteiger partial charge in [-0.15, -0.1) is 0 Å². The summed E-state index contributed by atoms with van der Waals surface area (Å²) in [6.07, 6.45) is 3.63. The largest absolute Gasteiger partial charge is 0.478 e. The van der Waals surface area contributed by atoms with Crippen molar-refractivity contribution in [3.05, 3.63) is 59.2 Å². The van der Waals surface area contributed by atoms with Crippen molar-refractivity contribution in [3.63, 3.8) is 0 Å². The Balaban J connectivity index is 2.09. The lowest BCUT2D eigenvalue weighted by molar-refractivity contribution is 0.0697. The van der Waals surface area contributed by atoms with E-state index in [2.05, 4.69) is 14.5 Å². The Hall–Kier alpha value is -2.69. The third-order valence-corrected chi connectivity index (χ3v) is 3.66. The Morgan fingerprint density at radius 3 is 2.81 bits per heavy atom. The second-order valence-electron chi connectivity index (χ2n) is 5.06. The van der Waals surface area contributed by atoms with Gasteiger partial charge in [0.25, 0.3) is 0 Å². The zero-order chi connectivity index (χ0) is 15.0. The minimum atomic E-state index is -0.938. The molecule has 0 aliphatic rings. The van der Waals surface area contributed by atoms with E-state index in [0.717, 1.165) is 16.9 Å². The summed E-state index contributed by atoms with van der Waals surface area (Å²) in [5.41, 5.74) is 4.19. The average molecular weight is 281 g/mol. The van der Waals surface area contributed by atoms with Gasteiger partial charge in [0.15, 0.2) is 0 Å². The summed E-state index contributed by atoms with van der Waals surface area (Å²) in [7, 11) is 0. The van der Waals surface area contributed by atoms with Gasteiger partial charge >= 0.3 is 5.97 Å². The predicted octanol–water partition coefficient (Wildman–Crippen LogP) is 2.79. The van der Waals surface area contributed by atoms with Crippen LogP contribution >= 0.6 is 0 Å². The summed E-state index contributed by atoms with van der Waals surface area (Å²) in [5.74, 6) is -0.0806. The lowest BCUT2D eigenvalue weighted by Gasteiger charge is -2.09. The van der Waals surface area contributed by atoms with Crippen molar-refractivity contribution in [2.24, 2.45) is 0 Å². The van der Waals surface area contributed by atoms with Crippen molar-refractivity contribution in [1.82, 2.24) is 14.5 Å². The maximum Gasteiger partial charge on any atom is 0.335 e. The van der Waals surface area contributed by atoms with Crippen molar-refractivity contribution in [3.8, 4) is 0 Å². The van der Waals surface area contributed by atoms with Crippen LogP contribution in [0.15, 0.2) is 36.7 Å². The Labute approximate surface area is 121 Å². The lowest BCUT2D eigenvalue weighted by Crippen LogP contribution is -2.04. The first kappa shape index (κ1) is 13.3. The summed E-state index contributed by atoms with van der Waals surface area (Å²) in [6, 6.07) is 7.01. The monoisotopic (exact) mass is 281 g/mol. The molecule has 106 valence electrons. The molecule has 0 fully saturated rings. The molecule has 0 saturated heterocycles. The van der Waals surface area contributed by atoms with Crippen LogP contribution in [-0.2, 0) is 6.54 Å². The smallest absolute Gasteiger partial charge is 0.335 e. The fourth-order valence-corrected chi connectivity index (χ4v) is 2.42. The molecule has 0 radical (unpaired) electrons. The second-order valence-corrected chi connectivity index (χ2v) is 5.06. The van der Waals surface area contributed by atoms with Crippen molar-refractivity contribution in [1.29, 1.82) is 0 Å². The molecule has 3 aromatic rings. The number of carboxylic acid groups (broad SMARTS) is 1. The number of benzene rings is 1. The molecule has 0 aliphatic heterocycles. The standard InChI is InChI=1S/C16H15N3O2/c1-10-5-6-17-8-13(10)9-19-11(2)18-14-7-12(16(20)21)3-4-15(14)19/h3-8H,9H2,1-2H3,(H,20,21). The SMILES string of the molecule is Cc1ccncc1Cn1c(C)nc2cc(C(=O)O)ccc21. The molecule has 2 heterocycles. The van der Waals surface area contributed by atoms with Gasteiger partial charge in [-0.1, -0.05) is 0 Å². The molecule has 0 saturated carbocycles. The van der Waals surface area contributed by atoms with Gasteiger partial charge in [-0.05, 0) is 49.2 Å². The summed E-state index contributed by atoms with van der Waals surface area (Å²) < 4.78 is 2.07. The molecule has 3 rings (SSSR count). The van der Waals surface area contributed by atoms with Gasteiger partial charge in [-0.3, -0.25) is 4.98 Å². The van der Waals surface area contributed by atoms with Crippen LogP contribution in [-0.4, -0.2) is 25.6 Å². The number of pyridine rings is 1. The summed E-state index contributed by atoms with van der Waals surface area (Å²) in [6.45, 7) is 4.65. The quantitative estimate of drug-likeness (QED) is 0.801. The minimum absolute atomic E-state index is 0.254. The topological polar surface area (TPSA) is 68.0 Å². The molecule has 0 bridgehead atoms. The van der Waals surface area contributed by atoms with Crippen molar-refractivity contribution < 1.29 is 9.90 Å². The number of rotatable bonds is 3. The van der Waals surface area contributed by atoms with E-state index < -0.39 is 5.97 Å². The molecule has 1 N–H and O–H groups in total. The number of aromatic nitrogens is 3. The van der Waals surface area contributed by atoms with Crippen LogP contribution in [0.2, 0.25) is 0 Å². The first-order valence-corrected chi connectivity index (χ1v) is 6.66. The summed E-state index contributed by atoms with van der Waals surface area (Å²) in [5, 5.41) is 9.05. The van der Waals surface area contributed by atoms with Gasteiger partial charge in [-0.2, -0.15) is 0 Å². The number of hydrogen-bond acceptors (Lipinski definition) is 3. The second kappa shape index (κ2) is 5.01. The van der Waals surface area contributed by atoms with E-state index in [1.54, 1.807) is 18.3 Å². The molecule has 0 amide bonds. The highest BCUT2D eigenvalue weighted by molar-refractivity contribution is 5.92. The third-order valence-electron chi connectivity index (χ3n) is 3.66. The highest BCUT2D eigenvalue weighted by atomic mass is 16.4. The Bertz CT molecular complexity index is 837. The summed E-state index contributed by atoms with van der Waals surface area (Å²) in [4.78, 5) is 19.7. The zero-order valence-corrected chi connectivity index (χ0v) is 11.9. The Morgan fingerprint density at radius 1 is 1.29 bits per heavy atom. The van der Waals surface area contributed by atoms with E-state index in [1.807, 2.05) is 32.2 Å². The zero-order valence-electron chi connectivity index (χ0n) is 11.9. The molecule has 5 nitrogen and oxygen atoms in total. The van der Waals surface area contributed by atoms with Crippen LogP contribution in [0.4, 0.5) is 0 Å². The number of carbonyl (C=O) groups is 1. The van der Waals surface area contributed by atoms with E-state index in [4.69, 9.17) is 5.11 Å². The maximum atomic E-state index is 11.0. The fourth-order valence-electron chi connectivity index (χ4n) is 2.42. The van der Waals surface area contributed by atoms with Gasteiger partial charge < -0.3 is 9.67 Å². The molecule has 0 aliphatic carbocycles. The van der Waals surface area contributed by atoms with Gasteiger partial charge in [0.1, 0.15) is 5.82 Å². The minimum Gasteiger partial charge on any atom is -0.478 e. The van der Waals surface area contributed by atoms with E-state index in [1.165, 1.54) is 5.56 Å². The molecule has 5 heteroatoms. The Morgan fingerprint density at radius 2 is 2.10 bits per heavy atom. The number of nitrogens with zero attached hydrogens (tertiary/aromatic N) is 3. The van der Waals surface area contributed by atoms with Crippen LogP contribution in [0.1, 0.15) is 27.3 Å². The number of carboxylic acids is 1. The maximum absolute atomic E-state index is 11.0. The van der Waals surface area contributed by atoms with E-state index in [0.29, 0.717) is 12.1 Å². The number of aryl methyl sites for hydroxylation is 2. The van der Waals surface area contributed by atoms with Crippen LogP contribution in [0.5, 0.6) is 0 Å². The highest BCUT2D eigenvalue weighted by Gasteiger charge is 2.11. The number of fused-ring (bicyclic) bond motifs is 1. The molecule has 2 aromatic heterocycles. The lowest BCUT2D eigenvalue weighted by atomic mass is 10.1. The number of imidazole rings is 1. The average Bonchev–Trinajstić information content (AvgIpc) is 2.76. The molecule has 21 heavy (non-hydrogen) atoms. The molecular weight excluding hydrogens is 266 g/mol. The normalized spacial score (nSPS) is 11.0. The third kappa shape index (κ3) is 2.38. The van der Waals surface area contributed by atoms with Crippen molar-refractivity contribution >= 4 is 17.0 Å². The first-order chi connectivity index (χ1) is 10.1. The molecular formula is C16H15N3O2. The van der Waals surface area contributed by atoms with Gasteiger partial charge in [-0.25, -0.2) is 9.78 Å². The molecule has 0 spiro atoms. The van der Waals surface area contributed by atoms with E-state index >= 15 is 0 Å². The first-order valence-electron chi connectivity index (χ1n) is 6.66. The van der Waals surface area contributed by atoms with Gasteiger partial charge in [0.05, 0.1) is 23.1 Å². The van der Waals surface area contributed by atoms with Crippen LogP contribution in [0, 0.1) is 13.8 Å². The van der Waals surface area contributed by atoms with Crippen LogP contribution in [0.3, 0.4) is 0 Å². The fraction of sp³-hybridized carbons (Fsp3) is 0.188. The van der Waals surface area contributed by atoms with E-state index in [-0.39, 0.29) is 5.56 Å². The molecule has 0 unspecified atom stereocenters. The van der Waals surface area contributed by atoms with Gasteiger partial charge in [0.2, 0.25) is 0 Å². The van der Waals surface area contributed by atoms with Crippen LogP contribution in [0.25, 0.3) is 11.0 Å². The van der Waals surface area contributed by atoms with Crippen molar-refractivity contribution in [2.45, 2.75) is 20.4 Å². The molecule has 0 atom stereocenters. The van der Waals surface area contributed by atoms with Crippen molar-refractivity contribution in [2.75, 3.05) is 0 Å². The number of hydrogen-bond donors (Lipinski definition) is 1. The van der Waals surface area contributed by atoms with E-state index in [9.17, 15) is 4.79 Å². The summed E-state index contributed by atoms with van der Waals surface area (Å²) >= 11 is 0. The Kier molecular flexibility index (Phi) is 3.17. The van der Waals surface area contributed by atoms with Crippen LogP contribution < -0.4 is 0 Å². The van der Waals surface area contributed by atoms with Gasteiger partial charge in [0, 0.05) is 12.4 Å². The predicted molar refractivity (Wildman–Crippen MR) is 79.5 cm³/mol. The highest BCUT2D eigenvalue weighted by Crippen LogP contribution is 2.20. The number of aromatic carboxylic acids is 1. The molecule has 1 aromatic carbocycles.